The topological polar surface area (TPSA) is 15.7 Å². The van der Waals surface area contributed by atoms with E-state index in [1.807, 2.05) is 0 Å². The first-order valence-corrected chi connectivity index (χ1v) is 12.4. The molecule has 0 fully saturated rings. The van der Waals surface area contributed by atoms with Gasteiger partial charge >= 0.3 is 0 Å². The molecule has 0 saturated carbocycles. The van der Waals surface area contributed by atoms with Crippen LogP contribution in [0.2, 0.25) is 0 Å². The minimum Gasteiger partial charge on any atom is -0.467 e. The van der Waals surface area contributed by atoms with E-state index in [1.54, 1.807) is 0 Å². The fourth-order valence-electron chi connectivity index (χ4n) is 6.86. The molecule has 3 aromatic rings. The highest BCUT2D eigenvalue weighted by Crippen LogP contribution is 2.58. The van der Waals surface area contributed by atoms with E-state index in [9.17, 15) is 0 Å². The first-order chi connectivity index (χ1) is 16.2. The summed E-state index contributed by atoms with van der Waals surface area (Å²) < 4.78 is 7.01. The Morgan fingerprint density at radius 1 is 0.794 bits per heavy atom. The molecule has 0 N–H and O–H groups in total. The SMILES string of the molecule is CN1/C(=C/[C@@H]2C[C@@]3(Oc4ccccc42)N(C)c2ccccc2C3(C)C)C(C)(C)c2ccccc21. The van der Waals surface area contributed by atoms with Crippen LogP contribution in [-0.4, -0.2) is 19.8 Å². The molecular weight excluding hydrogens is 416 g/mol. The number of allylic oxidation sites excluding steroid dienone is 2. The van der Waals surface area contributed by atoms with Gasteiger partial charge in [0.25, 0.3) is 0 Å². The van der Waals surface area contributed by atoms with Crippen molar-refractivity contribution < 1.29 is 4.74 Å². The quantitative estimate of drug-likeness (QED) is 0.397. The number of likely N-dealkylation sites (N-methyl/N-ethyl adjacent to an activating group) is 2. The summed E-state index contributed by atoms with van der Waals surface area (Å²) in [5.74, 6) is 1.24. The van der Waals surface area contributed by atoms with Crippen molar-refractivity contribution in [2.45, 2.75) is 56.6 Å². The fraction of sp³-hybridized carbons (Fsp3) is 0.355. The number of rotatable bonds is 1. The van der Waals surface area contributed by atoms with Crippen molar-refractivity contribution in [2.24, 2.45) is 0 Å². The van der Waals surface area contributed by atoms with Crippen LogP contribution in [-0.2, 0) is 10.8 Å². The van der Waals surface area contributed by atoms with Gasteiger partial charge in [0.1, 0.15) is 5.75 Å². The largest absolute Gasteiger partial charge is 0.467 e. The first-order valence-electron chi connectivity index (χ1n) is 12.4. The van der Waals surface area contributed by atoms with Crippen LogP contribution in [0.25, 0.3) is 0 Å². The van der Waals surface area contributed by atoms with E-state index in [0.717, 1.165) is 12.2 Å². The predicted octanol–water partition coefficient (Wildman–Crippen LogP) is 6.99. The molecule has 2 atom stereocenters. The van der Waals surface area contributed by atoms with Gasteiger partial charge in [-0.05, 0) is 43.2 Å². The van der Waals surface area contributed by atoms with Crippen LogP contribution < -0.4 is 14.5 Å². The van der Waals surface area contributed by atoms with E-state index in [0.29, 0.717) is 0 Å². The van der Waals surface area contributed by atoms with Crippen LogP contribution in [0.4, 0.5) is 11.4 Å². The first kappa shape index (κ1) is 21.3. The Morgan fingerprint density at radius 3 is 2.12 bits per heavy atom. The van der Waals surface area contributed by atoms with Gasteiger partial charge in [-0.2, -0.15) is 0 Å². The minimum atomic E-state index is -0.457. The van der Waals surface area contributed by atoms with E-state index < -0.39 is 5.72 Å². The van der Waals surface area contributed by atoms with Crippen molar-refractivity contribution in [3.8, 4) is 5.75 Å². The van der Waals surface area contributed by atoms with Gasteiger partial charge < -0.3 is 14.5 Å². The molecular formula is C31H34N2O. The lowest BCUT2D eigenvalue weighted by molar-refractivity contribution is -0.0105. The van der Waals surface area contributed by atoms with E-state index in [1.165, 1.54) is 33.8 Å². The number of hydrogen-bond acceptors (Lipinski definition) is 3. The highest BCUT2D eigenvalue weighted by Gasteiger charge is 2.60. The Labute approximate surface area is 203 Å². The molecule has 0 unspecified atom stereocenters. The maximum absolute atomic E-state index is 7.01. The molecule has 0 aromatic heterocycles. The standard InChI is InChI=1S/C31H34N2O/c1-29(2)23-14-8-10-16-25(23)32(5)28(29)19-21-20-31(34-27-18-12-7-13-22(21)27)30(3,4)24-15-9-11-17-26(24)33(31)6/h7-19,21H,20H2,1-6H3/b28-19+/t21-,31+/m1/s1. The third-order valence-corrected chi connectivity index (χ3v) is 8.85. The number of benzene rings is 3. The van der Waals surface area contributed by atoms with Gasteiger partial charge in [0.05, 0.1) is 5.41 Å². The van der Waals surface area contributed by atoms with Crippen molar-refractivity contribution in [3.05, 3.63) is 101 Å². The van der Waals surface area contributed by atoms with E-state index >= 15 is 0 Å². The maximum Gasteiger partial charge on any atom is 0.192 e. The normalized spacial score (nSPS) is 26.9. The lowest BCUT2D eigenvalue weighted by atomic mass is 9.70. The van der Waals surface area contributed by atoms with E-state index in [4.69, 9.17) is 4.74 Å². The van der Waals surface area contributed by atoms with Crippen LogP contribution in [0.3, 0.4) is 0 Å². The highest BCUT2D eigenvalue weighted by atomic mass is 16.5. The van der Waals surface area contributed by atoms with Crippen LogP contribution in [0, 0.1) is 0 Å². The molecule has 174 valence electrons. The lowest BCUT2D eigenvalue weighted by Crippen LogP contribution is -2.61. The summed E-state index contributed by atoms with van der Waals surface area (Å²) in [7, 11) is 4.41. The summed E-state index contributed by atoms with van der Waals surface area (Å²) >= 11 is 0. The van der Waals surface area contributed by atoms with Crippen LogP contribution in [0.1, 0.15) is 56.7 Å². The lowest BCUT2D eigenvalue weighted by Gasteiger charge is -2.50. The number of ether oxygens (including phenoxy) is 1. The molecule has 1 spiro atoms. The zero-order valence-electron chi connectivity index (χ0n) is 21.1. The molecule has 0 radical (unpaired) electrons. The zero-order valence-corrected chi connectivity index (χ0v) is 21.1. The highest BCUT2D eigenvalue weighted by molar-refractivity contribution is 5.71. The Bertz CT molecular complexity index is 1320. The number of hydrogen-bond donors (Lipinski definition) is 0. The zero-order chi connectivity index (χ0) is 23.9. The summed E-state index contributed by atoms with van der Waals surface area (Å²) in [6, 6.07) is 26.2. The molecule has 3 aliphatic heterocycles. The Morgan fingerprint density at radius 2 is 1.41 bits per heavy atom. The Balaban J connectivity index is 1.51. The molecule has 0 aliphatic carbocycles. The molecule has 34 heavy (non-hydrogen) atoms. The molecule has 6 rings (SSSR count). The molecule has 0 saturated heterocycles. The fourth-order valence-corrected chi connectivity index (χ4v) is 6.86. The van der Waals surface area contributed by atoms with Crippen molar-refractivity contribution in [1.29, 1.82) is 0 Å². The third kappa shape index (κ3) is 2.58. The van der Waals surface area contributed by atoms with Gasteiger partial charge in [-0.3, -0.25) is 0 Å². The number of para-hydroxylation sites is 3. The molecule has 3 heteroatoms. The average molecular weight is 451 g/mol. The van der Waals surface area contributed by atoms with E-state index in [-0.39, 0.29) is 16.7 Å². The second-order valence-electron chi connectivity index (χ2n) is 11.2. The van der Waals surface area contributed by atoms with Crippen LogP contribution >= 0.6 is 0 Å². The van der Waals surface area contributed by atoms with Crippen LogP contribution in [0.15, 0.2) is 84.6 Å². The second-order valence-corrected chi connectivity index (χ2v) is 11.2. The summed E-state index contributed by atoms with van der Waals surface area (Å²) in [4.78, 5) is 4.78. The van der Waals surface area contributed by atoms with Gasteiger partial charge in [0.2, 0.25) is 0 Å². The van der Waals surface area contributed by atoms with Crippen molar-refractivity contribution >= 4 is 11.4 Å². The summed E-state index contributed by atoms with van der Waals surface area (Å²) in [6.07, 6.45) is 3.42. The predicted molar refractivity (Wildman–Crippen MR) is 141 cm³/mol. The van der Waals surface area contributed by atoms with Gasteiger partial charge in [-0.15, -0.1) is 0 Å². The van der Waals surface area contributed by atoms with Gasteiger partial charge in [0.15, 0.2) is 5.72 Å². The summed E-state index contributed by atoms with van der Waals surface area (Å²) in [5.41, 5.74) is 7.29. The minimum absolute atomic E-state index is 0.0498. The second kappa shape index (κ2) is 6.91. The average Bonchev–Trinajstić information content (AvgIpc) is 3.12. The van der Waals surface area contributed by atoms with Gasteiger partial charge in [-0.25, -0.2) is 0 Å². The van der Waals surface area contributed by atoms with Gasteiger partial charge in [0, 0.05) is 54.5 Å². The Hall–Kier alpha value is -3.20. The summed E-state index contributed by atoms with van der Waals surface area (Å²) in [5, 5.41) is 0. The summed E-state index contributed by atoms with van der Waals surface area (Å²) in [6.45, 7) is 9.39. The van der Waals surface area contributed by atoms with Crippen LogP contribution in [0.5, 0.6) is 5.75 Å². The molecule has 0 bridgehead atoms. The number of fused-ring (bicyclic) bond motifs is 3. The molecule has 0 amide bonds. The third-order valence-electron chi connectivity index (χ3n) is 8.85. The van der Waals surface area contributed by atoms with Gasteiger partial charge in [-0.1, -0.05) is 74.5 Å². The van der Waals surface area contributed by atoms with Crippen molar-refractivity contribution in [3.63, 3.8) is 0 Å². The van der Waals surface area contributed by atoms with Crippen molar-refractivity contribution in [2.75, 3.05) is 23.9 Å². The smallest absolute Gasteiger partial charge is 0.192 e. The monoisotopic (exact) mass is 450 g/mol. The number of anilines is 2. The Kier molecular flexibility index (Phi) is 4.34. The van der Waals surface area contributed by atoms with E-state index in [2.05, 4.69) is 130 Å². The number of nitrogens with zero attached hydrogens (tertiary/aromatic N) is 2. The molecule has 3 nitrogen and oxygen atoms in total. The maximum atomic E-state index is 7.01. The molecule has 3 aliphatic rings. The molecule has 3 heterocycles. The van der Waals surface area contributed by atoms with Crippen molar-refractivity contribution in [1.82, 2.24) is 0 Å². The molecule has 3 aromatic carbocycles.